The Morgan fingerprint density at radius 2 is 2.24 bits per heavy atom. The summed E-state index contributed by atoms with van der Waals surface area (Å²) >= 11 is 0. The largest absolute Gasteiger partial charge is 0.449 e. The first-order valence-electron chi connectivity index (χ1n) is 6.02. The zero-order valence-electron chi connectivity index (χ0n) is 10.1. The van der Waals surface area contributed by atoms with Gasteiger partial charge in [-0.05, 0) is 18.1 Å². The van der Waals surface area contributed by atoms with E-state index in [1.54, 1.807) is 4.90 Å². The summed E-state index contributed by atoms with van der Waals surface area (Å²) in [7, 11) is 0. The Hall–Kier alpha value is -1.55. The Balaban J connectivity index is 2.37. The maximum Gasteiger partial charge on any atom is 0.414 e. The van der Waals surface area contributed by atoms with Crippen LogP contribution in [0.15, 0.2) is 24.3 Å². The average molecular weight is 234 g/mol. The van der Waals surface area contributed by atoms with Crippen LogP contribution in [-0.4, -0.2) is 25.3 Å². The van der Waals surface area contributed by atoms with E-state index < -0.39 is 0 Å². The van der Waals surface area contributed by atoms with E-state index in [-0.39, 0.29) is 12.1 Å². The van der Waals surface area contributed by atoms with Crippen molar-refractivity contribution in [2.24, 2.45) is 5.73 Å². The van der Waals surface area contributed by atoms with Crippen molar-refractivity contribution in [1.82, 2.24) is 0 Å². The lowest BCUT2D eigenvalue weighted by atomic mass is 10.1. The quantitative estimate of drug-likeness (QED) is 0.869. The van der Waals surface area contributed by atoms with Crippen LogP contribution in [0.4, 0.5) is 10.5 Å². The molecule has 1 aliphatic heterocycles. The van der Waals surface area contributed by atoms with E-state index in [4.69, 9.17) is 10.5 Å². The summed E-state index contributed by atoms with van der Waals surface area (Å²) in [5, 5.41) is 0. The van der Waals surface area contributed by atoms with Gasteiger partial charge in [-0.1, -0.05) is 25.1 Å². The second-order valence-corrected chi connectivity index (χ2v) is 4.14. The maximum absolute atomic E-state index is 11.9. The molecule has 1 atom stereocenters. The van der Waals surface area contributed by atoms with Gasteiger partial charge in [-0.15, -0.1) is 0 Å². The highest BCUT2D eigenvalue weighted by Crippen LogP contribution is 2.26. The minimum absolute atomic E-state index is 0.0453. The van der Waals surface area contributed by atoms with Crippen LogP contribution in [0.5, 0.6) is 0 Å². The van der Waals surface area contributed by atoms with Gasteiger partial charge in [0.2, 0.25) is 0 Å². The van der Waals surface area contributed by atoms with Gasteiger partial charge >= 0.3 is 6.09 Å². The molecule has 0 radical (unpaired) electrons. The molecule has 0 aliphatic carbocycles. The van der Waals surface area contributed by atoms with E-state index in [9.17, 15) is 4.79 Å². The summed E-state index contributed by atoms with van der Waals surface area (Å²) in [5.41, 5.74) is 7.80. The van der Waals surface area contributed by atoms with Crippen molar-refractivity contribution >= 4 is 11.8 Å². The van der Waals surface area contributed by atoms with Crippen LogP contribution in [-0.2, 0) is 11.2 Å². The third-order valence-electron chi connectivity index (χ3n) is 3.14. The van der Waals surface area contributed by atoms with E-state index in [0.29, 0.717) is 13.2 Å². The third kappa shape index (κ3) is 2.26. The van der Waals surface area contributed by atoms with Crippen LogP contribution in [0.25, 0.3) is 0 Å². The number of rotatable bonds is 3. The van der Waals surface area contributed by atoms with Gasteiger partial charge in [-0.3, -0.25) is 4.90 Å². The number of ether oxygens (including phenoxy) is 1. The van der Waals surface area contributed by atoms with Gasteiger partial charge in [0.1, 0.15) is 0 Å². The minimum Gasteiger partial charge on any atom is -0.449 e. The molecule has 0 bridgehead atoms. The summed E-state index contributed by atoms with van der Waals surface area (Å²) in [6.07, 6.45) is 1.39. The summed E-state index contributed by atoms with van der Waals surface area (Å²) in [5.74, 6) is 0. The van der Waals surface area contributed by atoms with Gasteiger partial charge in [-0.2, -0.15) is 0 Å². The summed E-state index contributed by atoms with van der Waals surface area (Å²) in [6.45, 7) is 3.00. The second-order valence-electron chi connectivity index (χ2n) is 4.14. The summed E-state index contributed by atoms with van der Waals surface area (Å²) in [6, 6.07) is 7.95. The Labute approximate surface area is 101 Å². The molecule has 1 aromatic carbocycles. The van der Waals surface area contributed by atoms with Crippen molar-refractivity contribution in [3.8, 4) is 0 Å². The number of benzene rings is 1. The van der Waals surface area contributed by atoms with Gasteiger partial charge in [0, 0.05) is 13.0 Å². The predicted molar refractivity (Wildman–Crippen MR) is 67.1 cm³/mol. The van der Waals surface area contributed by atoms with Crippen molar-refractivity contribution in [3.63, 3.8) is 0 Å². The molecule has 0 spiro atoms. The van der Waals surface area contributed by atoms with E-state index in [1.807, 2.05) is 24.3 Å². The molecule has 1 amide bonds. The Bertz CT molecular complexity index is 406. The number of hydrogen-bond acceptors (Lipinski definition) is 3. The smallest absolute Gasteiger partial charge is 0.414 e. The molecule has 1 aromatic rings. The lowest BCUT2D eigenvalue weighted by Gasteiger charge is -2.35. The number of carbonyl (C=O) groups excluding carboxylic acids is 1. The number of anilines is 1. The fourth-order valence-electron chi connectivity index (χ4n) is 2.19. The number of para-hydroxylation sites is 1. The SMILES string of the molecule is CCc1ccccc1N1C(=O)OCCC1CN. The van der Waals surface area contributed by atoms with Crippen LogP contribution < -0.4 is 10.6 Å². The molecule has 1 fully saturated rings. The lowest BCUT2D eigenvalue weighted by Crippen LogP contribution is -2.49. The zero-order valence-corrected chi connectivity index (χ0v) is 10.1. The monoisotopic (exact) mass is 234 g/mol. The molecule has 4 heteroatoms. The standard InChI is InChI=1S/C13H18N2O2/c1-2-10-5-3-4-6-12(10)15-11(9-14)7-8-17-13(15)16/h3-6,11H,2,7-9,14H2,1H3. The number of aryl methyl sites for hydroxylation is 1. The van der Waals surface area contributed by atoms with Crippen molar-refractivity contribution in [3.05, 3.63) is 29.8 Å². The fraction of sp³-hybridized carbons (Fsp3) is 0.462. The molecule has 1 heterocycles. The first kappa shape index (κ1) is 11.9. The second kappa shape index (κ2) is 5.19. The van der Waals surface area contributed by atoms with Crippen molar-refractivity contribution in [2.75, 3.05) is 18.1 Å². The molecule has 92 valence electrons. The highest BCUT2D eigenvalue weighted by molar-refractivity contribution is 5.90. The van der Waals surface area contributed by atoms with Gasteiger partial charge in [0.15, 0.2) is 0 Å². The molecule has 0 saturated carbocycles. The molecule has 2 rings (SSSR count). The van der Waals surface area contributed by atoms with Crippen molar-refractivity contribution in [2.45, 2.75) is 25.8 Å². The normalized spacial score (nSPS) is 20.2. The van der Waals surface area contributed by atoms with Crippen LogP contribution in [0, 0.1) is 0 Å². The Kier molecular flexibility index (Phi) is 3.64. The van der Waals surface area contributed by atoms with Gasteiger partial charge in [-0.25, -0.2) is 4.79 Å². The van der Waals surface area contributed by atoms with Crippen molar-refractivity contribution < 1.29 is 9.53 Å². The number of carbonyl (C=O) groups is 1. The van der Waals surface area contributed by atoms with Gasteiger partial charge in [0.25, 0.3) is 0 Å². The summed E-state index contributed by atoms with van der Waals surface area (Å²) < 4.78 is 5.11. The van der Waals surface area contributed by atoms with Crippen molar-refractivity contribution in [1.29, 1.82) is 0 Å². The highest BCUT2D eigenvalue weighted by atomic mass is 16.6. The van der Waals surface area contributed by atoms with Crippen LogP contribution in [0.1, 0.15) is 18.9 Å². The van der Waals surface area contributed by atoms with E-state index in [2.05, 4.69) is 6.92 Å². The highest BCUT2D eigenvalue weighted by Gasteiger charge is 2.30. The maximum atomic E-state index is 11.9. The first-order chi connectivity index (χ1) is 8.27. The van der Waals surface area contributed by atoms with Gasteiger partial charge < -0.3 is 10.5 Å². The molecule has 2 N–H and O–H groups in total. The number of nitrogens with two attached hydrogens (primary N) is 1. The third-order valence-corrected chi connectivity index (χ3v) is 3.14. The predicted octanol–water partition coefficient (Wildman–Crippen LogP) is 1.92. The number of hydrogen-bond donors (Lipinski definition) is 1. The molecule has 0 aromatic heterocycles. The molecular formula is C13H18N2O2. The fourth-order valence-corrected chi connectivity index (χ4v) is 2.19. The molecule has 17 heavy (non-hydrogen) atoms. The van der Waals surface area contributed by atoms with Gasteiger partial charge in [0.05, 0.1) is 18.3 Å². The summed E-state index contributed by atoms with van der Waals surface area (Å²) in [4.78, 5) is 13.6. The topological polar surface area (TPSA) is 55.6 Å². The minimum atomic E-state index is -0.285. The lowest BCUT2D eigenvalue weighted by molar-refractivity contribution is 0.130. The number of amides is 1. The molecule has 1 aliphatic rings. The molecular weight excluding hydrogens is 216 g/mol. The van der Waals surface area contributed by atoms with Crippen LogP contribution in [0.3, 0.4) is 0 Å². The number of nitrogens with zero attached hydrogens (tertiary/aromatic N) is 1. The average Bonchev–Trinajstić information content (AvgIpc) is 2.38. The molecule has 1 saturated heterocycles. The van der Waals surface area contributed by atoms with E-state index >= 15 is 0 Å². The first-order valence-corrected chi connectivity index (χ1v) is 6.02. The Morgan fingerprint density at radius 1 is 1.47 bits per heavy atom. The van der Waals surface area contributed by atoms with E-state index in [0.717, 1.165) is 24.1 Å². The van der Waals surface area contributed by atoms with E-state index in [1.165, 1.54) is 0 Å². The molecule has 1 unspecified atom stereocenters. The van der Waals surface area contributed by atoms with Crippen LogP contribution >= 0.6 is 0 Å². The number of cyclic esters (lactones) is 1. The zero-order chi connectivity index (χ0) is 12.3. The van der Waals surface area contributed by atoms with Crippen LogP contribution in [0.2, 0.25) is 0 Å². The molecule has 4 nitrogen and oxygen atoms in total. The Morgan fingerprint density at radius 3 is 2.94 bits per heavy atom.